The maximum atomic E-state index is 12.1. The summed E-state index contributed by atoms with van der Waals surface area (Å²) in [5.74, 6) is 0.0157. The average Bonchev–Trinajstić information content (AvgIpc) is 2.63. The second-order valence-electron chi connectivity index (χ2n) is 6.21. The van der Waals surface area contributed by atoms with E-state index in [-0.39, 0.29) is 5.91 Å². The predicted octanol–water partition coefficient (Wildman–Crippen LogP) is 3.27. The number of hydrogen-bond acceptors (Lipinski definition) is 4. The number of para-hydroxylation sites is 2. The Balaban J connectivity index is 1.52. The summed E-state index contributed by atoms with van der Waals surface area (Å²) in [7, 11) is 0. The van der Waals surface area contributed by atoms with Gasteiger partial charge in [0.2, 0.25) is 5.91 Å². The summed E-state index contributed by atoms with van der Waals surface area (Å²) in [5, 5.41) is 6.34. The number of anilines is 3. The maximum absolute atomic E-state index is 12.1. The van der Waals surface area contributed by atoms with E-state index in [0.29, 0.717) is 13.0 Å². The van der Waals surface area contributed by atoms with Crippen LogP contribution in [0.5, 0.6) is 0 Å². The monoisotopic (exact) mass is 339 g/mol. The highest BCUT2D eigenvalue weighted by Crippen LogP contribution is 2.26. The zero-order valence-electron chi connectivity index (χ0n) is 14.6. The molecule has 1 amide bonds. The van der Waals surface area contributed by atoms with Crippen molar-refractivity contribution in [2.24, 2.45) is 0 Å². The van der Waals surface area contributed by atoms with E-state index in [1.54, 1.807) is 0 Å². The van der Waals surface area contributed by atoms with Gasteiger partial charge in [0.1, 0.15) is 0 Å². The van der Waals surface area contributed by atoms with Gasteiger partial charge in [-0.1, -0.05) is 24.3 Å². The summed E-state index contributed by atoms with van der Waals surface area (Å²) in [6.45, 7) is 5.92. The number of benzene rings is 2. The molecule has 0 unspecified atom stereocenters. The predicted molar refractivity (Wildman–Crippen MR) is 102 cm³/mol. The van der Waals surface area contributed by atoms with Crippen LogP contribution in [0, 0.1) is 6.92 Å². The lowest BCUT2D eigenvalue weighted by molar-refractivity contribution is -0.115. The number of rotatable bonds is 6. The molecule has 1 aliphatic rings. The summed E-state index contributed by atoms with van der Waals surface area (Å²) in [6.07, 6.45) is 0.422. The molecule has 5 heteroatoms. The van der Waals surface area contributed by atoms with Gasteiger partial charge in [-0.15, -0.1) is 0 Å². The fourth-order valence-corrected chi connectivity index (χ4v) is 2.96. The van der Waals surface area contributed by atoms with Gasteiger partial charge in [-0.3, -0.25) is 4.79 Å². The number of ether oxygens (including phenoxy) is 1. The number of carbonyl (C=O) groups excluding carboxylic acids is 1. The van der Waals surface area contributed by atoms with Crippen molar-refractivity contribution in [3.05, 3.63) is 54.1 Å². The van der Waals surface area contributed by atoms with Crippen molar-refractivity contribution < 1.29 is 9.53 Å². The quantitative estimate of drug-likeness (QED) is 0.848. The molecular weight excluding hydrogens is 314 g/mol. The summed E-state index contributed by atoms with van der Waals surface area (Å²) in [5.41, 5.74) is 4.21. The highest BCUT2D eigenvalue weighted by Gasteiger charge is 2.14. The number of nitrogens with zero attached hydrogens (tertiary/aromatic N) is 1. The molecule has 0 aliphatic carbocycles. The summed E-state index contributed by atoms with van der Waals surface area (Å²) >= 11 is 0. The topological polar surface area (TPSA) is 53.6 Å². The van der Waals surface area contributed by atoms with Crippen LogP contribution in [0.1, 0.15) is 12.0 Å². The average molecular weight is 339 g/mol. The molecule has 1 aliphatic heterocycles. The van der Waals surface area contributed by atoms with E-state index in [0.717, 1.165) is 43.2 Å². The fourth-order valence-electron chi connectivity index (χ4n) is 2.96. The molecule has 2 aromatic carbocycles. The molecule has 2 aromatic rings. The third-order valence-corrected chi connectivity index (χ3v) is 4.23. The van der Waals surface area contributed by atoms with E-state index in [1.807, 2.05) is 43.3 Å². The Morgan fingerprint density at radius 2 is 1.92 bits per heavy atom. The minimum Gasteiger partial charge on any atom is -0.383 e. The van der Waals surface area contributed by atoms with Crippen molar-refractivity contribution in [1.29, 1.82) is 0 Å². The van der Waals surface area contributed by atoms with Gasteiger partial charge in [-0.05, 0) is 36.8 Å². The van der Waals surface area contributed by atoms with Crippen LogP contribution in [0.25, 0.3) is 0 Å². The minimum absolute atomic E-state index is 0.0157. The molecule has 2 N–H and O–H groups in total. The van der Waals surface area contributed by atoms with Gasteiger partial charge >= 0.3 is 0 Å². The van der Waals surface area contributed by atoms with Crippen molar-refractivity contribution in [2.75, 3.05) is 48.4 Å². The van der Waals surface area contributed by atoms with Gasteiger partial charge in [0, 0.05) is 31.7 Å². The number of morpholine rings is 1. The molecule has 1 heterocycles. The first-order chi connectivity index (χ1) is 12.2. The Labute approximate surface area is 149 Å². The van der Waals surface area contributed by atoms with Gasteiger partial charge in [0.05, 0.1) is 24.6 Å². The molecule has 1 fully saturated rings. The molecule has 5 nitrogen and oxygen atoms in total. The van der Waals surface area contributed by atoms with Crippen LogP contribution in [0.2, 0.25) is 0 Å². The summed E-state index contributed by atoms with van der Waals surface area (Å²) < 4.78 is 5.42. The number of aryl methyl sites for hydroxylation is 1. The van der Waals surface area contributed by atoms with E-state index < -0.39 is 0 Å². The number of amides is 1. The number of nitrogens with one attached hydrogen (secondary N) is 2. The van der Waals surface area contributed by atoms with Gasteiger partial charge in [-0.2, -0.15) is 0 Å². The van der Waals surface area contributed by atoms with Crippen molar-refractivity contribution >= 4 is 23.0 Å². The zero-order chi connectivity index (χ0) is 17.5. The molecule has 0 saturated carbocycles. The Morgan fingerprint density at radius 1 is 1.12 bits per heavy atom. The largest absolute Gasteiger partial charge is 0.383 e. The van der Waals surface area contributed by atoms with E-state index in [9.17, 15) is 4.79 Å². The molecule has 0 radical (unpaired) electrons. The lowest BCUT2D eigenvalue weighted by atomic mass is 10.2. The van der Waals surface area contributed by atoms with Gasteiger partial charge in [0.25, 0.3) is 0 Å². The molecule has 0 aromatic heterocycles. The van der Waals surface area contributed by atoms with E-state index >= 15 is 0 Å². The third-order valence-electron chi connectivity index (χ3n) is 4.23. The Bertz CT molecular complexity index is 712. The van der Waals surface area contributed by atoms with Crippen LogP contribution in [-0.2, 0) is 9.53 Å². The molecule has 0 atom stereocenters. The number of hydrogen-bond donors (Lipinski definition) is 2. The van der Waals surface area contributed by atoms with E-state index in [4.69, 9.17) is 4.74 Å². The van der Waals surface area contributed by atoms with Gasteiger partial charge < -0.3 is 20.3 Å². The molecule has 132 valence electrons. The minimum atomic E-state index is 0.0157. The Hall–Kier alpha value is -2.53. The molecule has 0 bridgehead atoms. The van der Waals surface area contributed by atoms with E-state index in [2.05, 4.69) is 27.7 Å². The molecule has 0 spiro atoms. The van der Waals surface area contributed by atoms with Crippen molar-refractivity contribution in [2.45, 2.75) is 13.3 Å². The van der Waals surface area contributed by atoms with Crippen LogP contribution in [0.4, 0.5) is 17.1 Å². The fraction of sp³-hybridized carbons (Fsp3) is 0.350. The molecule has 1 saturated heterocycles. The zero-order valence-corrected chi connectivity index (χ0v) is 14.6. The van der Waals surface area contributed by atoms with Crippen molar-refractivity contribution in [1.82, 2.24) is 0 Å². The van der Waals surface area contributed by atoms with Crippen LogP contribution in [0.3, 0.4) is 0 Å². The summed E-state index contributed by atoms with van der Waals surface area (Å²) in [6, 6.07) is 16.1. The normalized spacial score (nSPS) is 14.2. The van der Waals surface area contributed by atoms with Crippen LogP contribution in [0.15, 0.2) is 48.5 Å². The molecular formula is C20H25N3O2. The van der Waals surface area contributed by atoms with Crippen LogP contribution in [-0.4, -0.2) is 38.8 Å². The highest BCUT2D eigenvalue weighted by atomic mass is 16.5. The lowest BCUT2D eigenvalue weighted by Crippen LogP contribution is -2.36. The summed E-state index contributed by atoms with van der Waals surface area (Å²) in [4.78, 5) is 14.4. The third kappa shape index (κ3) is 4.97. The SMILES string of the molecule is Cc1cccc(NC(=O)CCNc2ccccc2N2CCOCC2)c1. The second-order valence-corrected chi connectivity index (χ2v) is 6.21. The number of carbonyl (C=O) groups is 1. The van der Waals surface area contributed by atoms with Gasteiger partial charge in [-0.25, -0.2) is 0 Å². The van der Waals surface area contributed by atoms with Crippen LogP contribution < -0.4 is 15.5 Å². The maximum Gasteiger partial charge on any atom is 0.226 e. The first-order valence-corrected chi connectivity index (χ1v) is 8.74. The smallest absolute Gasteiger partial charge is 0.226 e. The lowest BCUT2D eigenvalue weighted by Gasteiger charge is -2.30. The second kappa shape index (κ2) is 8.53. The first-order valence-electron chi connectivity index (χ1n) is 8.74. The van der Waals surface area contributed by atoms with E-state index in [1.165, 1.54) is 5.69 Å². The molecule has 25 heavy (non-hydrogen) atoms. The van der Waals surface area contributed by atoms with Crippen molar-refractivity contribution in [3.63, 3.8) is 0 Å². The van der Waals surface area contributed by atoms with Gasteiger partial charge in [0.15, 0.2) is 0 Å². The van der Waals surface area contributed by atoms with Crippen LogP contribution >= 0.6 is 0 Å². The highest BCUT2D eigenvalue weighted by molar-refractivity contribution is 5.91. The first kappa shape index (κ1) is 17.3. The Kier molecular flexibility index (Phi) is 5.90. The standard InChI is InChI=1S/C20H25N3O2/c1-16-5-4-6-17(15-16)22-20(24)9-10-21-18-7-2-3-8-19(18)23-11-13-25-14-12-23/h2-8,15,21H,9-14H2,1H3,(H,22,24). The molecule has 3 rings (SSSR count). The van der Waals surface area contributed by atoms with Crippen molar-refractivity contribution in [3.8, 4) is 0 Å². The Morgan fingerprint density at radius 3 is 2.72 bits per heavy atom.